The Hall–Kier alpha value is -2.10. The summed E-state index contributed by atoms with van der Waals surface area (Å²) in [5, 5.41) is 8.98. The minimum atomic E-state index is -0.937. The largest absolute Gasteiger partial charge is 0.479 e. The summed E-state index contributed by atoms with van der Waals surface area (Å²) >= 11 is 0. The van der Waals surface area contributed by atoms with E-state index in [1.54, 1.807) is 4.57 Å². The van der Waals surface area contributed by atoms with Gasteiger partial charge in [-0.05, 0) is 12.1 Å². The number of aromatic nitrogens is 2. The number of benzene rings is 1. The van der Waals surface area contributed by atoms with Gasteiger partial charge in [-0.1, -0.05) is 18.2 Å². The second-order valence-corrected chi connectivity index (χ2v) is 3.16. The first kappa shape index (κ1) is 9.45. The summed E-state index contributed by atoms with van der Waals surface area (Å²) in [6, 6.07) is 6.62. The highest BCUT2D eigenvalue weighted by atomic mass is 16.4. The zero-order valence-corrected chi connectivity index (χ0v) is 8.00. The van der Waals surface area contributed by atoms with Crippen LogP contribution in [0.1, 0.15) is 6.04 Å². The maximum absolute atomic E-state index is 11.0. The number of nitrogens with zero attached hydrogens (tertiary/aromatic N) is 2. The molecular weight excluding hydrogens is 192 g/mol. The summed E-state index contributed by atoms with van der Waals surface area (Å²) in [5.74, 6) is -0.937. The summed E-state index contributed by atoms with van der Waals surface area (Å²) in [5.41, 5.74) is 1.58. The number of aliphatic carboxylic acids is 1. The van der Waals surface area contributed by atoms with E-state index in [9.17, 15) is 4.79 Å². The Kier molecular flexibility index (Phi) is 2.25. The van der Waals surface area contributed by atoms with E-state index < -0.39 is 12.0 Å². The number of hydrogen-bond acceptors (Lipinski definition) is 2. The molecule has 0 aliphatic carbocycles. The second kappa shape index (κ2) is 3.57. The van der Waals surface area contributed by atoms with Gasteiger partial charge in [-0.25, -0.2) is 9.78 Å². The van der Waals surface area contributed by atoms with Gasteiger partial charge >= 0.3 is 5.97 Å². The predicted molar refractivity (Wildman–Crippen MR) is 56.6 cm³/mol. The Bertz CT molecular complexity index is 516. The molecule has 1 aromatic carbocycles. The minimum Gasteiger partial charge on any atom is -0.479 e. The number of carbonyl (C=O) groups is 1. The maximum atomic E-state index is 11.0. The van der Waals surface area contributed by atoms with Crippen LogP contribution in [0.15, 0.2) is 43.2 Å². The van der Waals surface area contributed by atoms with E-state index in [-0.39, 0.29) is 0 Å². The van der Waals surface area contributed by atoms with Gasteiger partial charge in [0.05, 0.1) is 17.4 Å². The van der Waals surface area contributed by atoms with Crippen molar-refractivity contribution < 1.29 is 9.90 Å². The number of carboxylic acid groups (broad SMARTS) is 1. The molecule has 0 aliphatic heterocycles. The van der Waals surface area contributed by atoms with E-state index >= 15 is 0 Å². The van der Waals surface area contributed by atoms with Crippen LogP contribution in [0.3, 0.4) is 0 Å². The molecule has 0 amide bonds. The van der Waals surface area contributed by atoms with E-state index in [1.807, 2.05) is 24.3 Å². The van der Waals surface area contributed by atoms with Gasteiger partial charge in [-0.15, -0.1) is 6.58 Å². The third kappa shape index (κ3) is 1.50. The highest BCUT2D eigenvalue weighted by molar-refractivity contribution is 5.80. The smallest absolute Gasteiger partial charge is 0.330 e. The average molecular weight is 202 g/mol. The monoisotopic (exact) mass is 202 g/mol. The van der Waals surface area contributed by atoms with Crippen LogP contribution in [0.4, 0.5) is 0 Å². The minimum absolute atomic E-state index is 0.766. The lowest BCUT2D eigenvalue weighted by Crippen LogP contribution is -2.15. The molecule has 76 valence electrons. The lowest BCUT2D eigenvalue weighted by Gasteiger charge is -2.09. The molecule has 4 nitrogen and oxygen atoms in total. The van der Waals surface area contributed by atoms with Crippen molar-refractivity contribution in [2.75, 3.05) is 0 Å². The SMILES string of the molecule is C=CC(C(=O)O)n1cnc2ccccc21. The van der Waals surface area contributed by atoms with Gasteiger partial charge in [0.2, 0.25) is 0 Å². The van der Waals surface area contributed by atoms with Gasteiger partial charge in [0.1, 0.15) is 0 Å². The fourth-order valence-electron chi connectivity index (χ4n) is 1.53. The summed E-state index contributed by atoms with van der Waals surface area (Å²) in [6.07, 6.45) is 2.90. The number of hydrogen-bond donors (Lipinski definition) is 1. The van der Waals surface area contributed by atoms with Crippen molar-refractivity contribution in [2.45, 2.75) is 6.04 Å². The van der Waals surface area contributed by atoms with Crippen LogP contribution in [-0.4, -0.2) is 20.6 Å². The first-order chi connectivity index (χ1) is 7.24. The topological polar surface area (TPSA) is 55.1 Å². The third-order valence-electron chi connectivity index (χ3n) is 2.26. The highest BCUT2D eigenvalue weighted by Crippen LogP contribution is 2.18. The molecule has 1 atom stereocenters. The van der Waals surface area contributed by atoms with E-state index in [2.05, 4.69) is 11.6 Å². The molecular formula is C11H10N2O2. The lowest BCUT2D eigenvalue weighted by atomic mass is 10.2. The second-order valence-electron chi connectivity index (χ2n) is 3.16. The molecule has 1 N–H and O–H groups in total. The Morgan fingerprint density at radius 2 is 2.27 bits per heavy atom. The van der Waals surface area contributed by atoms with Crippen molar-refractivity contribution in [2.24, 2.45) is 0 Å². The summed E-state index contributed by atoms with van der Waals surface area (Å²) in [7, 11) is 0. The van der Waals surface area contributed by atoms with Crippen LogP contribution in [0.2, 0.25) is 0 Å². The van der Waals surface area contributed by atoms with Crippen LogP contribution in [-0.2, 0) is 4.79 Å². The third-order valence-corrected chi connectivity index (χ3v) is 2.26. The van der Waals surface area contributed by atoms with Crippen LogP contribution in [0.5, 0.6) is 0 Å². The summed E-state index contributed by atoms with van der Waals surface area (Å²) < 4.78 is 1.59. The molecule has 1 unspecified atom stereocenters. The Labute approximate surface area is 86.5 Å². The Morgan fingerprint density at radius 3 is 2.93 bits per heavy atom. The van der Waals surface area contributed by atoms with Crippen molar-refractivity contribution >= 4 is 17.0 Å². The van der Waals surface area contributed by atoms with E-state index in [0.717, 1.165) is 11.0 Å². The standard InChI is InChI=1S/C11H10N2O2/c1-2-9(11(14)15)13-7-12-8-5-3-4-6-10(8)13/h2-7,9H,1H2,(H,14,15). The molecule has 0 fully saturated rings. The van der Waals surface area contributed by atoms with Gasteiger partial charge in [0.15, 0.2) is 6.04 Å². The van der Waals surface area contributed by atoms with Crippen molar-refractivity contribution in [3.05, 3.63) is 43.2 Å². The van der Waals surface area contributed by atoms with Gasteiger partial charge in [-0.2, -0.15) is 0 Å². The quantitative estimate of drug-likeness (QED) is 0.773. The van der Waals surface area contributed by atoms with Gasteiger partial charge in [-0.3, -0.25) is 0 Å². The first-order valence-corrected chi connectivity index (χ1v) is 4.51. The Morgan fingerprint density at radius 1 is 1.53 bits per heavy atom. The highest BCUT2D eigenvalue weighted by Gasteiger charge is 2.17. The van der Waals surface area contributed by atoms with Crippen LogP contribution in [0, 0.1) is 0 Å². The van der Waals surface area contributed by atoms with E-state index in [0.29, 0.717) is 0 Å². The predicted octanol–water partition coefficient (Wildman–Crippen LogP) is 1.85. The molecule has 2 rings (SSSR count). The molecule has 15 heavy (non-hydrogen) atoms. The van der Waals surface area contributed by atoms with Gasteiger partial charge in [0, 0.05) is 0 Å². The molecule has 1 aromatic heterocycles. The van der Waals surface area contributed by atoms with Crippen molar-refractivity contribution in [3.8, 4) is 0 Å². The lowest BCUT2D eigenvalue weighted by molar-refractivity contribution is -0.139. The number of carboxylic acids is 1. The number of rotatable bonds is 3. The molecule has 0 bridgehead atoms. The average Bonchev–Trinajstić information content (AvgIpc) is 2.63. The van der Waals surface area contributed by atoms with Crippen molar-refractivity contribution in [1.29, 1.82) is 0 Å². The van der Waals surface area contributed by atoms with Gasteiger partial charge in [0.25, 0.3) is 0 Å². The van der Waals surface area contributed by atoms with E-state index in [1.165, 1.54) is 12.4 Å². The first-order valence-electron chi connectivity index (χ1n) is 4.51. The van der Waals surface area contributed by atoms with Crippen LogP contribution in [0.25, 0.3) is 11.0 Å². The molecule has 0 aliphatic rings. The summed E-state index contributed by atoms with van der Waals surface area (Å²) in [6.45, 7) is 3.52. The van der Waals surface area contributed by atoms with Crippen molar-refractivity contribution in [3.63, 3.8) is 0 Å². The molecule has 0 saturated carbocycles. The molecule has 0 saturated heterocycles. The normalized spacial score (nSPS) is 12.5. The molecule has 2 aromatic rings. The number of imidazole rings is 1. The summed E-state index contributed by atoms with van der Waals surface area (Å²) in [4.78, 5) is 15.1. The van der Waals surface area contributed by atoms with Gasteiger partial charge < -0.3 is 9.67 Å². The Balaban J connectivity index is 2.60. The fourth-order valence-corrected chi connectivity index (χ4v) is 1.53. The zero-order chi connectivity index (χ0) is 10.8. The molecule has 0 spiro atoms. The van der Waals surface area contributed by atoms with E-state index in [4.69, 9.17) is 5.11 Å². The number of para-hydroxylation sites is 2. The number of fused-ring (bicyclic) bond motifs is 1. The van der Waals surface area contributed by atoms with Crippen molar-refractivity contribution in [1.82, 2.24) is 9.55 Å². The maximum Gasteiger partial charge on any atom is 0.330 e. The fraction of sp³-hybridized carbons (Fsp3) is 0.0909. The molecule has 1 heterocycles. The van der Waals surface area contributed by atoms with Crippen LogP contribution >= 0.6 is 0 Å². The van der Waals surface area contributed by atoms with Crippen LogP contribution < -0.4 is 0 Å². The molecule has 4 heteroatoms. The molecule has 0 radical (unpaired) electrons. The zero-order valence-electron chi connectivity index (χ0n) is 8.00.